The van der Waals surface area contributed by atoms with E-state index in [2.05, 4.69) is 50.8 Å². The van der Waals surface area contributed by atoms with Crippen LogP contribution in [0.3, 0.4) is 0 Å². The van der Waals surface area contributed by atoms with Crippen LogP contribution in [0.15, 0.2) is 42.5 Å². The quantitative estimate of drug-likeness (QED) is 0.602. The second-order valence-electron chi connectivity index (χ2n) is 11.6. The number of hydrogen-bond donors (Lipinski definition) is 0. The Bertz CT molecular complexity index is 1130. The number of carbonyl (C=O) groups is 2. The van der Waals surface area contributed by atoms with Crippen molar-refractivity contribution >= 4 is 11.8 Å². The van der Waals surface area contributed by atoms with Crippen LogP contribution in [0.1, 0.15) is 54.9 Å². The molecule has 0 N–H and O–H groups in total. The van der Waals surface area contributed by atoms with Gasteiger partial charge in [0.25, 0.3) is 0 Å². The first-order chi connectivity index (χ1) is 17.7. The summed E-state index contributed by atoms with van der Waals surface area (Å²) in [5, 5.41) is 0. The molecule has 0 aliphatic carbocycles. The van der Waals surface area contributed by atoms with E-state index in [9.17, 15) is 14.0 Å². The first-order valence-corrected chi connectivity index (χ1v) is 13.9. The van der Waals surface area contributed by atoms with Gasteiger partial charge in [-0.15, -0.1) is 0 Å². The molecule has 37 heavy (non-hydrogen) atoms. The third-order valence-electron chi connectivity index (χ3n) is 8.80. The van der Waals surface area contributed by atoms with Crippen molar-refractivity contribution in [3.63, 3.8) is 0 Å². The van der Waals surface area contributed by atoms with Crippen LogP contribution in [0.25, 0.3) is 0 Å². The summed E-state index contributed by atoms with van der Waals surface area (Å²) >= 11 is 0. The van der Waals surface area contributed by atoms with Gasteiger partial charge >= 0.3 is 0 Å². The van der Waals surface area contributed by atoms with Gasteiger partial charge in [0.2, 0.25) is 11.8 Å². The van der Waals surface area contributed by atoms with E-state index >= 15 is 0 Å². The van der Waals surface area contributed by atoms with Gasteiger partial charge in [-0.25, -0.2) is 4.39 Å². The van der Waals surface area contributed by atoms with Gasteiger partial charge in [0.05, 0.1) is 5.92 Å². The zero-order valence-corrected chi connectivity index (χ0v) is 22.6. The zero-order chi connectivity index (χ0) is 26.3. The minimum Gasteiger partial charge on any atom is -0.336 e. The second-order valence-corrected chi connectivity index (χ2v) is 11.6. The number of piperidine rings is 2. The lowest BCUT2D eigenvalue weighted by molar-refractivity contribution is -0.162. The molecule has 3 fully saturated rings. The van der Waals surface area contributed by atoms with E-state index in [4.69, 9.17) is 0 Å². The van der Waals surface area contributed by atoms with Gasteiger partial charge in [0.1, 0.15) is 11.9 Å². The van der Waals surface area contributed by atoms with E-state index < -0.39 is 6.04 Å². The van der Waals surface area contributed by atoms with Gasteiger partial charge in [-0.05, 0) is 74.9 Å². The largest absolute Gasteiger partial charge is 0.336 e. The third-order valence-corrected chi connectivity index (χ3v) is 8.80. The summed E-state index contributed by atoms with van der Waals surface area (Å²) < 4.78 is 13.9. The number of aryl methyl sites for hydroxylation is 2. The second kappa shape index (κ2) is 10.6. The molecule has 0 aromatic heterocycles. The molecule has 3 heterocycles. The molecule has 5 rings (SSSR count). The van der Waals surface area contributed by atoms with Crippen molar-refractivity contribution < 1.29 is 14.0 Å². The molecule has 2 aromatic rings. The molecule has 2 amide bonds. The summed E-state index contributed by atoms with van der Waals surface area (Å²) in [6.45, 7) is 12.9. The molecule has 0 bridgehead atoms. The molecule has 0 radical (unpaired) electrons. The number of halogens is 1. The van der Waals surface area contributed by atoms with Crippen molar-refractivity contribution in [2.75, 3.05) is 32.7 Å². The van der Waals surface area contributed by atoms with Gasteiger partial charge in [-0.1, -0.05) is 55.3 Å². The van der Waals surface area contributed by atoms with Crippen molar-refractivity contribution in [2.24, 2.45) is 17.8 Å². The highest BCUT2D eigenvalue weighted by molar-refractivity contribution is 5.91. The summed E-state index contributed by atoms with van der Waals surface area (Å²) in [6.07, 6.45) is 1.74. The number of hydrogen-bond acceptors (Lipinski definition) is 3. The van der Waals surface area contributed by atoms with Gasteiger partial charge in [-0.2, -0.15) is 0 Å². The normalized spacial score (nSPS) is 28.9. The molecule has 3 saturated heterocycles. The molecule has 2 aromatic carbocycles. The van der Waals surface area contributed by atoms with Crippen molar-refractivity contribution in [3.05, 3.63) is 70.5 Å². The molecule has 5 atom stereocenters. The predicted molar refractivity (Wildman–Crippen MR) is 143 cm³/mol. The maximum atomic E-state index is 14.5. The number of rotatable bonds is 4. The highest BCUT2D eigenvalue weighted by Crippen LogP contribution is 2.46. The lowest BCUT2D eigenvalue weighted by atomic mass is 9.66. The summed E-state index contributed by atoms with van der Waals surface area (Å²) in [4.78, 5) is 34.8. The number of carbonyl (C=O) groups excluding carboxylic acids is 2. The van der Waals surface area contributed by atoms with E-state index in [0.29, 0.717) is 25.6 Å². The molecular weight excluding hydrogens is 465 g/mol. The van der Waals surface area contributed by atoms with E-state index in [0.717, 1.165) is 43.6 Å². The monoisotopic (exact) mass is 505 g/mol. The van der Waals surface area contributed by atoms with Crippen molar-refractivity contribution in [1.82, 2.24) is 14.7 Å². The number of fused-ring (bicyclic) bond motifs is 2. The smallest absolute Gasteiger partial charge is 0.246 e. The molecule has 5 nitrogen and oxygen atoms in total. The van der Waals surface area contributed by atoms with Crippen LogP contribution in [0.2, 0.25) is 0 Å². The van der Waals surface area contributed by atoms with Gasteiger partial charge in [-0.3, -0.25) is 9.59 Å². The Balaban J connectivity index is 1.56. The summed E-state index contributed by atoms with van der Waals surface area (Å²) in [7, 11) is 0. The van der Waals surface area contributed by atoms with E-state index in [-0.39, 0.29) is 35.4 Å². The Kier molecular flexibility index (Phi) is 7.39. The van der Waals surface area contributed by atoms with Crippen LogP contribution >= 0.6 is 0 Å². The zero-order valence-electron chi connectivity index (χ0n) is 22.6. The van der Waals surface area contributed by atoms with Crippen LogP contribution in [0.5, 0.6) is 0 Å². The number of benzene rings is 2. The average molecular weight is 506 g/mol. The van der Waals surface area contributed by atoms with Gasteiger partial charge < -0.3 is 14.7 Å². The Morgan fingerprint density at radius 3 is 2.30 bits per heavy atom. The first-order valence-electron chi connectivity index (χ1n) is 13.9. The van der Waals surface area contributed by atoms with Crippen molar-refractivity contribution in [1.29, 1.82) is 0 Å². The van der Waals surface area contributed by atoms with Crippen LogP contribution in [0, 0.1) is 37.4 Å². The average Bonchev–Trinajstić information content (AvgIpc) is 2.86. The first kappa shape index (κ1) is 25.9. The Morgan fingerprint density at radius 1 is 0.919 bits per heavy atom. The molecular formula is C31H40FN3O2. The molecule has 3 aliphatic rings. The van der Waals surface area contributed by atoms with Crippen LogP contribution in [0.4, 0.5) is 4.39 Å². The molecule has 0 saturated carbocycles. The SMILES string of the molecule is CCN1CCC2C(C1)C(=O)N1CC[C@@H](C)CN(Cc3cc(C)cc(C)c3)C(=O)C1C2c1ccc(F)cc1. The van der Waals surface area contributed by atoms with E-state index in [1.165, 1.54) is 23.3 Å². The molecule has 6 heteroatoms. The van der Waals surface area contributed by atoms with Gasteiger partial charge in [0.15, 0.2) is 0 Å². The number of nitrogens with zero attached hydrogens (tertiary/aromatic N) is 3. The maximum absolute atomic E-state index is 14.5. The predicted octanol–water partition coefficient (Wildman–Crippen LogP) is 4.76. The summed E-state index contributed by atoms with van der Waals surface area (Å²) in [5.41, 5.74) is 4.47. The van der Waals surface area contributed by atoms with Crippen LogP contribution in [-0.4, -0.2) is 65.3 Å². The van der Waals surface area contributed by atoms with Crippen LogP contribution in [-0.2, 0) is 16.1 Å². The minimum absolute atomic E-state index is 0.0322. The standard InChI is InChI=1S/C31H40FN3O2/c1-5-33-12-11-26-27(19-33)30(36)35-13-10-20(2)17-34(18-23-15-21(3)14-22(4)16-23)31(37)29(35)28(26)24-6-8-25(32)9-7-24/h6-9,14-16,20,26-29H,5,10-13,17-19H2,1-4H3/t20-,26?,27?,28?,29?/m1/s1. The van der Waals surface area contributed by atoms with Crippen LogP contribution < -0.4 is 0 Å². The van der Waals surface area contributed by atoms with Crippen molar-refractivity contribution in [3.8, 4) is 0 Å². The summed E-state index contributed by atoms with van der Waals surface area (Å²) in [6, 6.07) is 12.6. The lowest BCUT2D eigenvalue weighted by Crippen LogP contribution is -2.65. The van der Waals surface area contributed by atoms with Crippen molar-refractivity contribution in [2.45, 2.75) is 59.0 Å². The number of amides is 2. The molecule has 0 spiro atoms. The van der Waals surface area contributed by atoms with E-state index in [1.54, 1.807) is 0 Å². The molecule has 198 valence electrons. The third kappa shape index (κ3) is 5.18. The Hall–Kier alpha value is -2.73. The topological polar surface area (TPSA) is 43.9 Å². The van der Waals surface area contributed by atoms with E-state index in [1.807, 2.05) is 21.9 Å². The van der Waals surface area contributed by atoms with Gasteiger partial charge in [0, 0.05) is 32.1 Å². The minimum atomic E-state index is -0.550. The fourth-order valence-electron chi connectivity index (χ4n) is 7.07. The lowest BCUT2D eigenvalue weighted by Gasteiger charge is -2.53. The highest BCUT2D eigenvalue weighted by Gasteiger charge is 2.54. The molecule has 4 unspecified atom stereocenters. The number of likely N-dealkylation sites (tertiary alicyclic amines) is 1. The maximum Gasteiger partial charge on any atom is 0.246 e. The fourth-order valence-corrected chi connectivity index (χ4v) is 7.07. The Labute approximate surface area is 220 Å². The highest BCUT2D eigenvalue weighted by atomic mass is 19.1. The fraction of sp³-hybridized carbons (Fsp3) is 0.548. The molecule has 3 aliphatic heterocycles. The Morgan fingerprint density at radius 2 is 1.62 bits per heavy atom. The summed E-state index contributed by atoms with van der Waals surface area (Å²) in [5.74, 6) is -0.0143.